The molecule has 0 radical (unpaired) electrons. The first-order valence-corrected chi connectivity index (χ1v) is 10.2. The number of nitrogens with two attached hydrogens (primary N) is 1. The number of likely N-dealkylation sites (tertiary alicyclic amines) is 1. The number of likely N-dealkylation sites (N-methyl/N-ethyl adjacent to an activating group) is 1. The molecule has 2 aliphatic rings. The lowest BCUT2D eigenvalue weighted by molar-refractivity contribution is -0.121. The van der Waals surface area contributed by atoms with Gasteiger partial charge in [0.15, 0.2) is 0 Å². The Kier molecular flexibility index (Phi) is 4.28. The summed E-state index contributed by atoms with van der Waals surface area (Å²) in [5, 5.41) is 12.8. The maximum Gasteiger partial charge on any atom is 0.226 e. The van der Waals surface area contributed by atoms with Gasteiger partial charge in [-0.3, -0.25) is 4.79 Å². The summed E-state index contributed by atoms with van der Waals surface area (Å²) in [7, 11) is 3.96. The molecule has 1 amide bonds. The van der Waals surface area contributed by atoms with Gasteiger partial charge in [-0.2, -0.15) is 5.10 Å². The van der Waals surface area contributed by atoms with Gasteiger partial charge in [0.05, 0.1) is 11.6 Å². The predicted molar refractivity (Wildman–Crippen MR) is 113 cm³/mol. The molecule has 29 heavy (non-hydrogen) atoms. The largest absolute Gasteiger partial charge is 0.372 e. The average Bonchev–Trinajstić information content (AvgIpc) is 3.14. The first kappa shape index (κ1) is 18.1. The number of aromatic amines is 1. The summed E-state index contributed by atoms with van der Waals surface area (Å²) in [6, 6.07) is 10.7. The lowest BCUT2D eigenvalue weighted by Gasteiger charge is -2.46. The van der Waals surface area contributed by atoms with Crippen LogP contribution in [-0.4, -0.2) is 52.7 Å². The molecule has 4 atom stereocenters. The number of amides is 1. The zero-order valence-corrected chi connectivity index (χ0v) is 16.7. The zero-order valence-electron chi connectivity index (χ0n) is 16.7. The van der Waals surface area contributed by atoms with Crippen LogP contribution in [0, 0.1) is 5.92 Å². The highest BCUT2D eigenvalue weighted by Crippen LogP contribution is 2.46. The number of carbonyl (C=O) groups is 1. The van der Waals surface area contributed by atoms with Crippen LogP contribution in [0.25, 0.3) is 10.9 Å². The summed E-state index contributed by atoms with van der Waals surface area (Å²) in [5.41, 5.74) is 10.5. The van der Waals surface area contributed by atoms with Crippen LogP contribution < -0.4 is 11.1 Å². The monoisotopic (exact) mass is 390 g/mol. The summed E-state index contributed by atoms with van der Waals surface area (Å²) in [4.78, 5) is 18.3. The molecular formula is C22H26N6O. The zero-order chi connectivity index (χ0) is 20.1. The van der Waals surface area contributed by atoms with E-state index in [1.807, 2.05) is 12.1 Å². The van der Waals surface area contributed by atoms with Gasteiger partial charge in [-0.1, -0.05) is 12.1 Å². The minimum atomic E-state index is -0.441. The number of nitrogens with zero attached hydrogens (tertiary/aromatic N) is 3. The van der Waals surface area contributed by atoms with Gasteiger partial charge in [-0.25, -0.2) is 0 Å². The second-order valence-corrected chi connectivity index (χ2v) is 8.37. The Hall–Kier alpha value is -2.93. The maximum absolute atomic E-state index is 12.5. The second-order valence-electron chi connectivity index (χ2n) is 8.37. The fourth-order valence-electron chi connectivity index (χ4n) is 5.49. The molecule has 0 spiro atoms. The van der Waals surface area contributed by atoms with Crippen LogP contribution in [0.1, 0.15) is 35.1 Å². The third-order valence-electron chi connectivity index (χ3n) is 6.80. The number of fused-ring (bicyclic) bond motifs is 2. The summed E-state index contributed by atoms with van der Waals surface area (Å²) in [5.74, 6) is 0.381. The predicted octanol–water partition coefficient (Wildman–Crippen LogP) is 2.23. The number of aromatic nitrogens is 3. The van der Waals surface area contributed by atoms with Crippen molar-refractivity contribution in [2.75, 3.05) is 26.0 Å². The molecule has 3 heterocycles. The third-order valence-corrected chi connectivity index (χ3v) is 6.80. The lowest BCUT2D eigenvalue weighted by atomic mass is 9.69. The van der Waals surface area contributed by atoms with Crippen LogP contribution in [0.15, 0.2) is 36.5 Å². The number of piperidine rings is 1. The van der Waals surface area contributed by atoms with E-state index in [0.29, 0.717) is 23.5 Å². The molecule has 4 N–H and O–H groups in total. The molecule has 7 nitrogen and oxygen atoms in total. The van der Waals surface area contributed by atoms with Gasteiger partial charge in [0.1, 0.15) is 5.82 Å². The van der Waals surface area contributed by atoms with Crippen LogP contribution in [0.5, 0.6) is 0 Å². The molecule has 2 aromatic heterocycles. The highest BCUT2D eigenvalue weighted by Gasteiger charge is 2.43. The van der Waals surface area contributed by atoms with E-state index in [4.69, 9.17) is 5.73 Å². The molecule has 0 saturated carbocycles. The average molecular weight is 390 g/mol. The van der Waals surface area contributed by atoms with E-state index >= 15 is 0 Å². The van der Waals surface area contributed by atoms with Gasteiger partial charge >= 0.3 is 0 Å². The van der Waals surface area contributed by atoms with Gasteiger partial charge in [0.2, 0.25) is 5.91 Å². The van der Waals surface area contributed by atoms with Gasteiger partial charge in [-0.05, 0) is 55.1 Å². The number of hydrogen-bond donors (Lipinski definition) is 3. The van der Waals surface area contributed by atoms with E-state index in [2.05, 4.69) is 56.8 Å². The normalized spacial score (nSPS) is 24.8. The highest BCUT2D eigenvalue weighted by molar-refractivity contribution is 5.88. The Labute approximate surface area is 169 Å². The fraction of sp³-hybridized carbons (Fsp3) is 0.409. The minimum absolute atomic E-state index is 0.101. The smallest absolute Gasteiger partial charge is 0.226 e. The quantitative estimate of drug-likeness (QED) is 0.634. The SMILES string of the molecule is CNc1ccc(C(C(N)=O)C2C[C@@H]3c4cccc5[nH]cc(c45)C[C@H]3N(C)C2)nn1. The number of benzene rings is 1. The highest BCUT2D eigenvalue weighted by atomic mass is 16.1. The van der Waals surface area contributed by atoms with Crippen molar-refractivity contribution in [1.82, 2.24) is 20.1 Å². The van der Waals surface area contributed by atoms with Crippen LogP contribution in [0.2, 0.25) is 0 Å². The fourth-order valence-corrected chi connectivity index (χ4v) is 5.49. The maximum atomic E-state index is 12.5. The van der Waals surface area contributed by atoms with E-state index < -0.39 is 5.92 Å². The number of nitrogens with one attached hydrogen (secondary N) is 2. The van der Waals surface area contributed by atoms with Gasteiger partial charge in [0.25, 0.3) is 0 Å². The van der Waals surface area contributed by atoms with Crippen molar-refractivity contribution in [2.45, 2.75) is 30.7 Å². The van der Waals surface area contributed by atoms with Crippen LogP contribution in [0.4, 0.5) is 5.82 Å². The molecule has 1 aromatic carbocycles. The molecule has 5 rings (SSSR count). The number of H-pyrrole nitrogens is 1. The summed E-state index contributed by atoms with van der Waals surface area (Å²) in [6.45, 7) is 0.819. The second kappa shape index (κ2) is 6.84. The molecule has 1 aliphatic heterocycles. The van der Waals surface area contributed by atoms with Gasteiger partial charge < -0.3 is 20.9 Å². The van der Waals surface area contributed by atoms with E-state index in [1.165, 1.54) is 22.0 Å². The Balaban J connectivity index is 1.52. The number of rotatable bonds is 4. The number of primary amides is 1. The first-order valence-electron chi connectivity index (χ1n) is 10.2. The Morgan fingerprint density at radius 2 is 2.17 bits per heavy atom. The van der Waals surface area contributed by atoms with Crippen molar-refractivity contribution in [3.05, 3.63) is 53.3 Å². The molecule has 1 fully saturated rings. The summed E-state index contributed by atoms with van der Waals surface area (Å²) in [6.07, 6.45) is 4.10. The van der Waals surface area contributed by atoms with Crippen molar-refractivity contribution in [3.8, 4) is 0 Å². The van der Waals surface area contributed by atoms with Crippen LogP contribution >= 0.6 is 0 Å². The van der Waals surface area contributed by atoms with E-state index in [1.54, 1.807) is 7.05 Å². The molecule has 2 unspecified atom stereocenters. The minimum Gasteiger partial charge on any atom is -0.372 e. The van der Waals surface area contributed by atoms with Crippen molar-refractivity contribution in [3.63, 3.8) is 0 Å². The molecule has 1 saturated heterocycles. The number of hydrogen-bond acceptors (Lipinski definition) is 5. The Bertz CT molecular complexity index is 1060. The first-order chi connectivity index (χ1) is 14.1. The Morgan fingerprint density at radius 3 is 2.90 bits per heavy atom. The van der Waals surface area contributed by atoms with Crippen molar-refractivity contribution in [2.24, 2.45) is 11.7 Å². The van der Waals surface area contributed by atoms with E-state index in [0.717, 1.165) is 19.4 Å². The standard InChI is InChI=1S/C22H26N6O/c1-24-19-7-6-17(26-27-19)21(22(23)29)13-8-15-14-4-3-5-16-20(14)12(10-25-16)9-18(15)28(2)11-13/h3-7,10,13,15,18,21,25H,8-9,11H2,1-2H3,(H2,23,29)(H,24,27)/t13?,15-,18-,21?/m1/s1. The van der Waals surface area contributed by atoms with Gasteiger partial charge in [-0.15, -0.1) is 5.10 Å². The number of carbonyl (C=O) groups excluding carboxylic acids is 1. The molecular weight excluding hydrogens is 364 g/mol. The third kappa shape index (κ3) is 2.88. The molecule has 0 bridgehead atoms. The van der Waals surface area contributed by atoms with Crippen LogP contribution in [0.3, 0.4) is 0 Å². The molecule has 3 aromatic rings. The van der Waals surface area contributed by atoms with Crippen molar-refractivity contribution < 1.29 is 4.79 Å². The van der Waals surface area contributed by atoms with Crippen molar-refractivity contribution >= 4 is 22.6 Å². The van der Waals surface area contributed by atoms with Crippen LogP contribution in [-0.2, 0) is 11.2 Å². The lowest BCUT2D eigenvalue weighted by Crippen LogP contribution is -2.50. The summed E-state index contributed by atoms with van der Waals surface area (Å²) >= 11 is 0. The van der Waals surface area contributed by atoms with E-state index in [9.17, 15) is 4.79 Å². The van der Waals surface area contributed by atoms with Crippen molar-refractivity contribution in [1.29, 1.82) is 0 Å². The summed E-state index contributed by atoms with van der Waals surface area (Å²) < 4.78 is 0. The van der Waals surface area contributed by atoms with Gasteiger partial charge in [0, 0.05) is 42.7 Å². The number of anilines is 1. The molecule has 1 aliphatic carbocycles. The van der Waals surface area contributed by atoms with E-state index in [-0.39, 0.29) is 11.8 Å². The molecule has 7 heteroatoms. The Morgan fingerprint density at radius 1 is 1.31 bits per heavy atom. The molecule has 150 valence electrons. The topological polar surface area (TPSA) is 99.9 Å².